The molecule has 1 unspecified atom stereocenters. The van der Waals surface area contributed by atoms with Crippen LogP contribution in [0.4, 0.5) is 4.39 Å². The van der Waals surface area contributed by atoms with Crippen LogP contribution in [0, 0.1) is 17.7 Å². The fourth-order valence-corrected chi connectivity index (χ4v) is 3.18. The van der Waals surface area contributed by atoms with Gasteiger partial charge in [0.15, 0.2) is 0 Å². The Balaban J connectivity index is 2.11. The Bertz CT molecular complexity index is 489. The van der Waals surface area contributed by atoms with Crippen molar-refractivity contribution in [2.75, 3.05) is 13.1 Å². The quantitative estimate of drug-likeness (QED) is 0.776. The topological polar surface area (TPSA) is 20.3 Å². The Labute approximate surface area is 128 Å². The summed E-state index contributed by atoms with van der Waals surface area (Å²) in [6.07, 6.45) is 3.17. The predicted octanol–water partition coefficient (Wildman–Crippen LogP) is 4.49. The lowest BCUT2D eigenvalue weighted by Gasteiger charge is -2.22. The number of rotatable bonds is 2. The summed E-state index contributed by atoms with van der Waals surface area (Å²) in [6.45, 7) is 5.92. The van der Waals surface area contributed by atoms with E-state index in [1.165, 1.54) is 6.07 Å². The molecule has 1 saturated heterocycles. The van der Waals surface area contributed by atoms with E-state index >= 15 is 0 Å². The molecule has 110 valence electrons. The van der Waals surface area contributed by atoms with Crippen molar-refractivity contribution in [3.05, 3.63) is 34.1 Å². The van der Waals surface area contributed by atoms with Gasteiger partial charge >= 0.3 is 0 Å². The van der Waals surface area contributed by atoms with E-state index in [0.29, 0.717) is 11.8 Å². The standard InChI is InChI=1S/C16H21BrFNO/c1-11(2)12-4-3-8-19(9-7-12)16(20)14-10-13(17)5-6-15(14)18/h5-6,10-12H,3-4,7-9H2,1-2H3. The van der Waals surface area contributed by atoms with Crippen molar-refractivity contribution < 1.29 is 9.18 Å². The summed E-state index contributed by atoms with van der Waals surface area (Å²) >= 11 is 3.30. The molecule has 0 radical (unpaired) electrons. The van der Waals surface area contributed by atoms with Crippen molar-refractivity contribution in [2.24, 2.45) is 11.8 Å². The van der Waals surface area contributed by atoms with Crippen LogP contribution in [0.3, 0.4) is 0 Å². The van der Waals surface area contributed by atoms with Gasteiger partial charge in [-0.1, -0.05) is 29.8 Å². The molecule has 0 aromatic heterocycles. The first kappa shape index (κ1) is 15.5. The molecule has 0 aliphatic carbocycles. The molecular formula is C16H21BrFNO. The number of nitrogens with zero attached hydrogens (tertiary/aromatic N) is 1. The van der Waals surface area contributed by atoms with Gasteiger partial charge in [0, 0.05) is 17.6 Å². The van der Waals surface area contributed by atoms with Gasteiger partial charge in [-0.2, -0.15) is 0 Å². The summed E-state index contributed by atoms with van der Waals surface area (Å²) < 4.78 is 14.5. The van der Waals surface area contributed by atoms with Crippen molar-refractivity contribution in [1.82, 2.24) is 4.90 Å². The molecule has 0 bridgehead atoms. The number of halogens is 2. The van der Waals surface area contributed by atoms with Gasteiger partial charge in [0.1, 0.15) is 5.82 Å². The fraction of sp³-hybridized carbons (Fsp3) is 0.562. The maximum Gasteiger partial charge on any atom is 0.256 e. The predicted molar refractivity (Wildman–Crippen MR) is 82.2 cm³/mol. The summed E-state index contributed by atoms with van der Waals surface area (Å²) in [5.41, 5.74) is 0.169. The van der Waals surface area contributed by atoms with Gasteiger partial charge in [0.25, 0.3) is 5.91 Å². The van der Waals surface area contributed by atoms with E-state index in [-0.39, 0.29) is 11.5 Å². The average Bonchev–Trinajstić information content (AvgIpc) is 2.66. The zero-order valence-corrected chi connectivity index (χ0v) is 13.6. The van der Waals surface area contributed by atoms with E-state index in [1.807, 2.05) is 0 Å². The Morgan fingerprint density at radius 2 is 2.10 bits per heavy atom. The minimum absolute atomic E-state index is 0.169. The highest BCUT2D eigenvalue weighted by molar-refractivity contribution is 9.10. The molecule has 0 saturated carbocycles. The highest BCUT2D eigenvalue weighted by atomic mass is 79.9. The normalized spacial score (nSPS) is 20.1. The Hall–Kier alpha value is -0.900. The van der Waals surface area contributed by atoms with Crippen LogP contribution >= 0.6 is 15.9 Å². The van der Waals surface area contributed by atoms with Gasteiger partial charge in [-0.05, 0) is 49.3 Å². The minimum atomic E-state index is -0.442. The summed E-state index contributed by atoms with van der Waals surface area (Å²) in [5, 5.41) is 0. The lowest BCUT2D eigenvalue weighted by Crippen LogP contribution is -2.32. The number of hydrogen-bond donors (Lipinski definition) is 0. The molecule has 1 aromatic carbocycles. The first-order chi connectivity index (χ1) is 9.49. The van der Waals surface area contributed by atoms with Crippen LogP contribution in [-0.2, 0) is 0 Å². The monoisotopic (exact) mass is 341 g/mol. The van der Waals surface area contributed by atoms with Crippen molar-refractivity contribution in [3.8, 4) is 0 Å². The maximum atomic E-state index is 13.8. The van der Waals surface area contributed by atoms with E-state index < -0.39 is 5.82 Å². The van der Waals surface area contributed by atoms with Crippen molar-refractivity contribution >= 4 is 21.8 Å². The van der Waals surface area contributed by atoms with Crippen LogP contribution in [0.1, 0.15) is 43.5 Å². The Morgan fingerprint density at radius 1 is 1.35 bits per heavy atom. The lowest BCUT2D eigenvalue weighted by molar-refractivity contribution is 0.0754. The number of carbonyl (C=O) groups is 1. The van der Waals surface area contributed by atoms with E-state index in [4.69, 9.17) is 0 Å². The van der Waals surface area contributed by atoms with Crippen LogP contribution in [0.2, 0.25) is 0 Å². The fourth-order valence-electron chi connectivity index (χ4n) is 2.82. The minimum Gasteiger partial charge on any atom is -0.339 e. The second-order valence-corrected chi connectivity index (χ2v) is 6.77. The van der Waals surface area contributed by atoms with Gasteiger partial charge in [-0.3, -0.25) is 4.79 Å². The number of likely N-dealkylation sites (tertiary alicyclic amines) is 1. The molecule has 2 nitrogen and oxygen atoms in total. The summed E-state index contributed by atoms with van der Waals surface area (Å²) in [5.74, 6) is 0.684. The molecule has 1 aliphatic rings. The third-order valence-electron chi connectivity index (χ3n) is 4.16. The van der Waals surface area contributed by atoms with Crippen LogP contribution < -0.4 is 0 Å². The molecule has 1 amide bonds. The zero-order valence-electron chi connectivity index (χ0n) is 12.0. The first-order valence-electron chi connectivity index (χ1n) is 7.23. The van der Waals surface area contributed by atoms with E-state index in [2.05, 4.69) is 29.8 Å². The highest BCUT2D eigenvalue weighted by Crippen LogP contribution is 2.26. The zero-order chi connectivity index (χ0) is 14.7. The number of hydrogen-bond acceptors (Lipinski definition) is 1. The molecular weight excluding hydrogens is 321 g/mol. The molecule has 0 spiro atoms. The number of carbonyl (C=O) groups excluding carboxylic acids is 1. The smallest absolute Gasteiger partial charge is 0.256 e. The second-order valence-electron chi connectivity index (χ2n) is 5.85. The highest BCUT2D eigenvalue weighted by Gasteiger charge is 2.24. The molecule has 1 atom stereocenters. The number of amides is 1. The molecule has 4 heteroatoms. The van der Waals surface area contributed by atoms with Gasteiger partial charge in [-0.25, -0.2) is 4.39 Å². The van der Waals surface area contributed by atoms with Crippen LogP contribution in [0.25, 0.3) is 0 Å². The Kier molecular flexibility index (Phi) is 5.19. The summed E-state index contributed by atoms with van der Waals surface area (Å²) in [4.78, 5) is 14.3. The van der Waals surface area contributed by atoms with Gasteiger partial charge < -0.3 is 4.90 Å². The summed E-state index contributed by atoms with van der Waals surface area (Å²) in [7, 11) is 0. The second kappa shape index (κ2) is 6.70. The average molecular weight is 342 g/mol. The van der Waals surface area contributed by atoms with Gasteiger partial charge in [0.05, 0.1) is 5.56 Å². The van der Waals surface area contributed by atoms with Gasteiger partial charge in [-0.15, -0.1) is 0 Å². The first-order valence-corrected chi connectivity index (χ1v) is 8.02. The van der Waals surface area contributed by atoms with Crippen molar-refractivity contribution in [3.63, 3.8) is 0 Å². The molecule has 2 rings (SSSR count). The lowest BCUT2D eigenvalue weighted by atomic mass is 9.89. The van der Waals surface area contributed by atoms with Crippen LogP contribution in [0.5, 0.6) is 0 Å². The van der Waals surface area contributed by atoms with E-state index in [1.54, 1.807) is 17.0 Å². The van der Waals surface area contributed by atoms with E-state index in [0.717, 1.165) is 36.8 Å². The van der Waals surface area contributed by atoms with Crippen LogP contribution in [0.15, 0.2) is 22.7 Å². The molecule has 1 fully saturated rings. The molecule has 20 heavy (non-hydrogen) atoms. The maximum absolute atomic E-state index is 13.8. The third-order valence-corrected chi connectivity index (χ3v) is 4.65. The van der Waals surface area contributed by atoms with E-state index in [9.17, 15) is 9.18 Å². The largest absolute Gasteiger partial charge is 0.339 e. The molecule has 1 aliphatic heterocycles. The Morgan fingerprint density at radius 3 is 2.80 bits per heavy atom. The molecule has 1 heterocycles. The van der Waals surface area contributed by atoms with Crippen molar-refractivity contribution in [1.29, 1.82) is 0 Å². The van der Waals surface area contributed by atoms with Crippen molar-refractivity contribution in [2.45, 2.75) is 33.1 Å². The van der Waals surface area contributed by atoms with Gasteiger partial charge in [0.2, 0.25) is 0 Å². The molecule has 1 aromatic rings. The van der Waals surface area contributed by atoms with Crippen LogP contribution in [-0.4, -0.2) is 23.9 Å². The SMILES string of the molecule is CC(C)C1CCCN(C(=O)c2cc(Br)ccc2F)CC1. The summed E-state index contributed by atoms with van der Waals surface area (Å²) in [6, 6.07) is 4.53. The third kappa shape index (κ3) is 3.60. The molecule has 0 N–H and O–H groups in total. The number of benzene rings is 1.